The molecule has 9 nitrogen and oxygen atoms in total. The Bertz CT molecular complexity index is 1570. The molecule has 2 unspecified atom stereocenters. The predicted molar refractivity (Wildman–Crippen MR) is 177 cm³/mol. The van der Waals surface area contributed by atoms with Gasteiger partial charge in [-0.1, -0.05) is 44.7 Å². The van der Waals surface area contributed by atoms with E-state index in [2.05, 4.69) is 13.8 Å². The number of hydrogen-bond acceptors (Lipinski definition) is 7. The fourth-order valence-electron chi connectivity index (χ4n) is 5.72. The number of amides is 2. The van der Waals surface area contributed by atoms with Crippen molar-refractivity contribution in [2.75, 3.05) is 13.7 Å². The molecular weight excluding hydrogens is 651 g/mol. The largest absolute Gasteiger partial charge is 0.490 e. The second-order valence-corrected chi connectivity index (χ2v) is 13.3. The molecule has 2 aromatic carbocycles. The number of carbonyl (C=O) groups excluding carboxylic acids is 2. The molecule has 0 bridgehead atoms. The summed E-state index contributed by atoms with van der Waals surface area (Å²) >= 11 is 0.937. The van der Waals surface area contributed by atoms with E-state index in [0.29, 0.717) is 23.7 Å². The number of halogens is 3. The highest BCUT2D eigenvalue weighted by molar-refractivity contribution is 8.18. The van der Waals surface area contributed by atoms with Crippen LogP contribution in [-0.4, -0.2) is 63.6 Å². The normalized spacial score (nSPS) is 18.9. The lowest BCUT2D eigenvalue weighted by molar-refractivity contribution is -0.192. The van der Waals surface area contributed by atoms with Crippen LogP contribution in [0.3, 0.4) is 0 Å². The Morgan fingerprint density at radius 1 is 1.06 bits per heavy atom. The van der Waals surface area contributed by atoms with E-state index >= 15 is 0 Å². The van der Waals surface area contributed by atoms with Crippen molar-refractivity contribution >= 4 is 40.9 Å². The Morgan fingerprint density at radius 2 is 1.69 bits per heavy atom. The molecule has 262 valence electrons. The number of nitrogens with zero attached hydrogens (tertiary/aromatic N) is 1. The van der Waals surface area contributed by atoms with Gasteiger partial charge in [-0.3, -0.25) is 19.3 Å². The summed E-state index contributed by atoms with van der Waals surface area (Å²) in [6.07, 6.45) is 3.05. The summed E-state index contributed by atoms with van der Waals surface area (Å²) in [5.41, 5.74) is 5.40. The van der Waals surface area contributed by atoms with Gasteiger partial charge in [-0.25, -0.2) is 4.79 Å². The van der Waals surface area contributed by atoms with Crippen molar-refractivity contribution in [3.63, 3.8) is 0 Å². The average Bonchev–Trinajstić information content (AvgIpc) is 3.26. The number of hydrogen-bond donors (Lipinski definition) is 2. The smallest absolute Gasteiger partial charge is 0.489 e. The third kappa shape index (κ3) is 9.33. The first-order valence-corrected chi connectivity index (χ1v) is 16.5. The summed E-state index contributed by atoms with van der Waals surface area (Å²) < 4.78 is 44.5. The van der Waals surface area contributed by atoms with Crippen molar-refractivity contribution in [3.05, 3.63) is 62.6 Å². The lowest BCUT2D eigenvalue weighted by Gasteiger charge is -2.38. The van der Waals surface area contributed by atoms with E-state index in [0.717, 1.165) is 94.3 Å². The molecule has 2 N–H and O–H groups in total. The fourth-order valence-corrected chi connectivity index (χ4v) is 6.55. The van der Waals surface area contributed by atoms with Crippen LogP contribution in [0.25, 0.3) is 6.08 Å². The molecule has 2 aromatic rings. The Labute approximate surface area is 282 Å². The van der Waals surface area contributed by atoms with Gasteiger partial charge in [0.25, 0.3) is 11.1 Å². The molecule has 2 aliphatic heterocycles. The molecule has 1 fully saturated rings. The zero-order chi connectivity index (χ0) is 36.0. The van der Waals surface area contributed by atoms with E-state index in [1.807, 2.05) is 45.0 Å². The van der Waals surface area contributed by atoms with Gasteiger partial charge in [0.15, 0.2) is 0 Å². The van der Waals surface area contributed by atoms with Crippen molar-refractivity contribution in [3.8, 4) is 11.5 Å². The number of alkyl halides is 3. The Morgan fingerprint density at radius 3 is 2.21 bits per heavy atom. The Hall–Kier alpha value is -4.00. The molecule has 4 rings (SSSR count). The van der Waals surface area contributed by atoms with E-state index in [1.165, 1.54) is 7.05 Å². The molecule has 1 saturated heterocycles. The number of unbranched alkanes of at least 4 members (excludes halogenated alkanes) is 3. The number of rotatable bonds is 11. The molecule has 0 saturated carbocycles. The highest BCUT2D eigenvalue weighted by Gasteiger charge is 2.39. The minimum absolute atomic E-state index is 0.274. The van der Waals surface area contributed by atoms with E-state index in [4.69, 9.17) is 19.4 Å². The van der Waals surface area contributed by atoms with Crippen LogP contribution in [0.1, 0.15) is 91.7 Å². The maximum atomic E-state index is 12.3. The predicted octanol–water partition coefficient (Wildman–Crippen LogP) is 8.21. The lowest BCUT2D eigenvalue weighted by atomic mass is 9.80. The summed E-state index contributed by atoms with van der Waals surface area (Å²) in [6, 6.07) is 7.41. The Balaban J connectivity index is 0.000000804. The first-order valence-electron chi connectivity index (χ1n) is 15.7. The zero-order valence-electron chi connectivity index (χ0n) is 28.0. The van der Waals surface area contributed by atoms with Gasteiger partial charge in [0.1, 0.15) is 23.7 Å². The van der Waals surface area contributed by atoms with E-state index in [-0.39, 0.29) is 11.1 Å². The van der Waals surface area contributed by atoms with E-state index in [9.17, 15) is 32.7 Å². The van der Waals surface area contributed by atoms with Gasteiger partial charge in [-0.15, -0.1) is 0 Å². The van der Waals surface area contributed by atoms with Crippen molar-refractivity contribution < 1.29 is 52.0 Å². The standard InChI is InChI=1S/C33H41NO6S.C2HF3O2/c1-7-8-9-10-11-26(31(36)37)28-20(2)21(3)29-25(22(28)4)16-17-33(5,40-29)19-39-24-14-12-23(13-15-24)18-27-30(35)34(6)32(38)41-27;3-2(4,5)1(6)7/h12-15,18,26H,7-11,16-17,19H2,1-6H3,(H,36,37);(H,6,7). The van der Waals surface area contributed by atoms with Gasteiger partial charge in [0, 0.05) is 7.05 Å². The molecule has 0 radical (unpaired) electrons. The molecule has 0 aliphatic carbocycles. The minimum atomic E-state index is -5.08. The molecule has 13 heteroatoms. The zero-order valence-corrected chi connectivity index (χ0v) is 28.8. The lowest BCUT2D eigenvalue weighted by Crippen LogP contribution is -2.42. The topological polar surface area (TPSA) is 130 Å². The molecule has 2 atom stereocenters. The van der Waals surface area contributed by atoms with Crippen LogP contribution in [0.2, 0.25) is 0 Å². The van der Waals surface area contributed by atoms with Crippen LogP contribution in [0.5, 0.6) is 11.5 Å². The van der Waals surface area contributed by atoms with Gasteiger partial charge >= 0.3 is 18.1 Å². The first-order chi connectivity index (χ1) is 22.4. The van der Waals surface area contributed by atoms with Crippen LogP contribution in [0.15, 0.2) is 29.2 Å². The van der Waals surface area contributed by atoms with Gasteiger partial charge < -0.3 is 19.7 Å². The molecule has 2 heterocycles. The molecule has 0 aromatic heterocycles. The summed E-state index contributed by atoms with van der Waals surface area (Å²) in [5, 5.41) is 17.0. The second-order valence-electron chi connectivity index (χ2n) is 12.3. The highest BCUT2D eigenvalue weighted by Crippen LogP contribution is 2.44. The van der Waals surface area contributed by atoms with Crippen molar-refractivity contribution in [2.45, 2.75) is 97.3 Å². The minimum Gasteiger partial charge on any atom is -0.489 e. The number of carboxylic acid groups (broad SMARTS) is 2. The fraction of sp³-hybridized carbons (Fsp3) is 0.486. The number of carbonyl (C=O) groups is 4. The van der Waals surface area contributed by atoms with Crippen LogP contribution in [0.4, 0.5) is 18.0 Å². The molecular formula is C35H42F3NO8S. The molecule has 48 heavy (non-hydrogen) atoms. The maximum Gasteiger partial charge on any atom is 0.490 e. The molecule has 2 amide bonds. The number of ether oxygens (including phenoxy) is 2. The van der Waals surface area contributed by atoms with E-state index in [1.54, 1.807) is 6.08 Å². The average molecular weight is 694 g/mol. The number of imide groups is 1. The van der Waals surface area contributed by atoms with Crippen molar-refractivity contribution in [2.24, 2.45) is 0 Å². The summed E-state index contributed by atoms with van der Waals surface area (Å²) in [4.78, 5) is 46.6. The second kappa shape index (κ2) is 15.9. The van der Waals surface area contributed by atoms with Crippen molar-refractivity contribution in [1.29, 1.82) is 0 Å². The molecule has 0 spiro atoms. The van der Waals surface area contributed by atoms with Gasteiger partial charge in [-0.2, -0.15) is 13.2 Å². The van der Waals surface area contributed by atoms with Crippen LogP contribution in [-0.2, 0) is 20.8 Å². The number of thioether (sulfide) groups is 1. The number of likely N-dealkylation sites (N-methyl/N-ethyl adjacent to an activating group) is 1. The summed E-state index contributed by atoms with van der Waals surface area (Å²) in [7, 11) is 1.48. The third-order valence-electron chi connectivity index (χ3n) is 8.63. The van der Waals surface area contributed by atoms with Crippen LogP contribution < -0.4 is 9.47 Å². The molecule has 2 aliphatic rings. The number of carboxylic acids is 2. The van der Waals surface area contributed by atoms with E-state index < -0.39 is 29.6 Å². The Kier molecular flexibility index (Phi) is 12.8. The van der Waals surface area contributed by atoms with Crippen molar-refractivity contribution in [1.82, 2.24) is 4.90 Å². The van der Waals surface area contributed by atoms with Crippen LogP contribution in [0, 0.1) is 20.8 Å². The van der Waals surface area contributed by atoms with Gasteiger partial charge in [0.2, 0.25) is 0 Å². The monoisotopic (exact) mass is 693 g/mol. The third-order valence-corrected chi connectivity index (χ3v) is 9.60. The highest BCUT2D eigenvalue weighted by atomic mass is 32.2. The van der Waals surface area contributed by atoms with Gasteiger partial charge in [-0.05, 0) is 110 Å². The number of benzene rings is 2. The summed E-state index contributed by atoms with van der Waals surface area (Å²) in [6.45, 7) is 10.7. The first kappa shape index (κ1) is 38.4. The number of aliphatic carboxylic acids is 2. The summed E-state index contributed by atoms with van der Waals surface area (Å²) in [5.74, 6) is -2.75. The number of fused-ring (bicyclic) bond motifs is 1. The quantitative estimate of drug-likeness (QED) is 0.177. The maximum absolute atomic E-state index is 12.3. The SMILES string of the molecule is CCCCCCC(C(=O)O)c1c(C)c(C)c2c(c1C)CCC(C)(COc1ccc(C=C3SC(=O)N(C)C3=O)cc1)O2.O=C(O)C(F)(F)F. The van der Waals surface area contributed by atoms with Crippen LogP contribution >= 0.6 is 11.8 Å². The van der Waals surface area contributed by atoms with Gasteiger partial charge in [0.05, 0.1) is 10.8 Å².